The van der Waals surface area contributed by atoms with Crippen molar-refractivity contribution in [1.82, 2.24) is 0 Å². The molecule has 0 saturated carbocycles. The van der Waals surface area contributed by atoms with Crippen LogP contribution in [0, 0.1) is 10.1 Å². The van der Waals surface area contributed by atoms with Gasteiger partial charge in [-0.2, -0.15) is 0 Å². The van der Waals surface area contributed by atoms with E-state index in [0.717, 1.165) is 18.5 Å². The van der Waals surface area contributed by atoms with Crippen LogP contribution in [0.25, 0.3) is 0 Å². The number of hydrogen-bond donors (Lipinski definition) is 1. The number of non-ortho nitro benzene ring substituents is 1. The van der Waals surface area contributed by atoms with Crippen LogP contribution < -0.4 is 5.32 Å². The lowest BCUT2D eigenvalue weighted by Crippen LogP contribution is -2.30. The standard InChI is InChI=1S/C11H14N2O2/c1-3-11(2)7-8-4-5-9(13(14)15)6-10(8)12-11/h4-6,12H,3,7H2,1-2H3. The zero-order valence-corrected chi connectivity index (χ0v) is 8.91. The summed E-state index contributed by atoms with van der Waals surface area (Å²) < 4.78 is 0. The quantitative estimate of drug-likeness (QED) is 0.598. The summed E-state index contributed by atoms with van der Waals surface area (Å²) in [6.45, 7) is 4.26. The maximum Gasteiger partial charge on any atom is 0.271 e. The minimum Gasteiger partial charge on any atom is -0.379 e. The van der Waals surface area contributed by atoms with Crippen molar-refractivity contribution in [3.05, 3.63) is 33.9 Å². The fourth-order valence-electron chi connectivity index (χ4n) is 1.95. The molecule has 4 nitrogen and oxygen atoms in total. The van der Waals surface area contributed by atoms with E-state index in [9.17, 15) is 10.1 Å². The first-order valence-corrected chi connectivity index (χ1v) is 5.09. The molecule has 1 aliphatic heterocycles. The average molecular weight is 206 g/mol. The summed E-state index contributed by atoms with van der Waals surface area (Å²) in [6, 6.07) is 5.04. The number of nitro groups is 1. The number of nitro benzene ring substituents is 1. The van der Waals surface area contributed by atoms with Crippen LogP contribution in [-0.4, -0.2) is 10.5 Å². The SMILES string of the molecule is CCC1(C)Cc2ccc([N+](=O)[O-])cc2N1. The highest BCUT2D eigenvalue weighted by Crippen LogP contribution is 2.36. The molecule has 0 bridgehead atoms. The topological polar surface area (TPSA) is 55.2 Å². The summed E-state index contributed by atoms with van der Waals surface area (Å²) >= 11 is 0. The molecule has 0 aromatic heterocycles. The molecule has 1 N–H and O–H groups in total. The van der Waals surface area contributed by atoms with Gasteiger partial charge in [0.15, 0.2) is 0 Å². The summed E-state index contributed by atoms with van der Waals surface area (Å²) in [5.74, 6) is 0. The molecule has 1 heterocycles. The molecule has 0 fully saturated rings. The molecule has 4 heteroatoms. The number of hydrogen-bond acceptors (Lipinski definition) is 3. The Hall–Kier alpha value is -1.58. The number of nitrogens with one attached hydrogen (secondary N) is 1. The van der Waals surface area contributed by atoms with Crippen molar-refractivity contribution in [3.8, 4) is 0 Å². The van der Waals surface area contributed by atoms with E-state index in [1.165, 1.54) is 5.56 Å². The Morgan fingerprint density at radius 2 is 2.33 bits per heavy atom. The van der Waals surface area contributed by atoms with Crippen molar-refractivity contribution in [2.75, 3.05) is 5.32 Å². The fourth-order valence-corrected chi connectivity index (χ4v) is 1.95. The van der Waals surface area contributed by atoms with Gasteiger partial charge >= 0.3 is 0 Å². The monoisotopic (exact) mass is 206 g/mol. The predicted octanol–water partition coefficient (Wildman–Crippen LogP) is 2.73. The van der Waals surface area contributed by atoms with E-state index in [0.29, 0.717) is 0 Å². The second-order valence-corrected chi connectivity index (χ2v) is 4.31. The zero-order valence-electron chi connectivity index (χ0n) is 8.91. The second kappa shape index (κ2) is 3.22. The van der Waals surface area contributed by atoms with Crippen LogP contribution in [0.1, 0.15) is 25.8 Å². The van der Waals surface area contributed by atoms with Crippen molar-refractivity contribution in [2.24, 2.45) is 0 Å². The highest BCUT2D eigenvalue weighted by atomic mass is 16.6. The van der Waals surface area contributed by atoms with Crippen LogP contribution in [0.4, 0.5) is 11.4 Å². The Bertz CT molecular complexity index is 417. The molecule has 1 aromatic rings. The van der Waals surface area contributed by atoms with E-state index in [4.69, 9.17) is 0 Å². The number of fused-ring (bicyclic) bond motifs is 1. The zero-order chi connectivity index (χ0) is 11.1. The first kappa shape index (κ1) is 9.96. The van der Waals surface area contributed by atoms with Gasteiger partial charge in [0.25, 0.3) is 5.69 Å². The van der Waals surface area contributed by atoms with Crippen molar-refractivity contribution < 1.29 is 4.92 Å². The van der Waals surface area contributed by atoms with Crippen molar-refractivity contribution in [1.29, 1.82) is 0 Å². The highest BCUT2D eigenvalue weighted by molar-refractivity contribution is 5.63. The minimum absolute atomic E-state index is 0.0531. The fraction of sp³-hybridized carbons (Fsp3) is 0.455. The van der Waals surface area contributed by atoms with Gasteiger partial charge in [0.1, 0.15) is 0 Å². The van der Waals surface area contributed by atoms with Crippen LogP contribution >= 0.6 is 0 Å². The third kappa shape index (κ3) is 1.67. The van der Waals surface area contributed by atoms with Crippen LogP contribution in [0.3, 0.4) is 0 Å². The van der Waals surface area contributed by atoms with E-state index >= 15 is 0 Å². The van der Waals surface area contributed by atoms with E-state index in [-0.39, 0.29) is 16.1 Å². The molecule has 0 aliphatic carbocycles. The lowest BCUT2D eigenvalue weighted by molar-refractivity contribution is -0.384. The molecule has 0 amide bonds. The van der Waals surface area contributed by atoms with E-state index in [1.54, 1.807) is 12.1 Å². The van der Waals surface area contributed by atoms with Gasteiger partial charge in [0, 0.05) is 23.4 Å². The largest absolute Gasteiger partial charge is 0.379 e. The summed E-state index contributed by atoms with van der Waals surface area (Å²) in [7, 11) is 0. The summed E-state index contributed by atoms with van der Waals surface area (Å²) in [4.78, 5) is 10.3. The number of rotatable bonds is 2. The Labute approximate surface area is 88.5 Å². The van der Waals surface area contributed by atoms with E-state index in [1.807, 2.05) is 6.07 Å². The van der Waals surface area contributed by atoms with E-state index in [2.05, 4.69) is 19.2 Å². The lowest BCUT2D eigenvalue weighted by Gasteiger charge is -2.22. The average Bonchev–Trinajstić information content (AvgIpc) is 2.53. The Kier molecular flexibility index (Phi) is 2.14. The van der Waals surface area contributed by atoms with Crippen LogP contribution in [0.15, 0.2) is 18.2 Å². The number of anilines is 1. The Morgan fingerprint density at radius 1 is 1.60 bits per heavy atom. The molecule has 1 aromatic carbocycles. The molecular formula is C11H14N2O2. The molecule has 1 atom stereocenters. The third-order valence-electron chi connectivity index (χ3n) is 3.10. The maximum absolute atomic E-state index is 10.6. The summed E-state index contributed by atoms with van der Waals surface area (Å²) in [6.07, 6.45) is 1.95. The number of benzene rings is 1. The van der Waals surface area contributed by atoms with Gasteiger partial charge in [-0.15, -0.1) is 0 Å². The predicted molar refractivity (Wildman–Crippen MR) is 59.1 cm³/mol. The van der Waals surface area contributed by atoms with E-state index < -0.39 is 0 Å². The first-order valence-electron chi connectivity index (χ1n) is 5.09. The molecule has 0 saturated heterocycles. The number of nitrogens with zero attached hydrogens (tertiary/aromatic N) is 1. The molecule has 0 radical (unpaired) electrons. The summed E-state index contributed by atoms with van der Waals surface area (Å²) in [5, 5.41) is 14.0. The normalized spacial score (nSPS) is 23.3. The van der Waals surface area contributed by atoms with Crippen molar-refractivity contribution >= 4 is 11.4 Å². The second-order valence-electron chi connectivity index (χ2n) is 4.31. The minimum atomic E-state index is -0.358. The molecule has 80 valence electrons. The van der Waals surface area contributed by atoms with Gasteiger partial charge in [0.2, 0.25) is 0 Å². The first-order chi connectivity index (χ1) is 7.04. The van der Waals surface area contributed by atoms with Crippen LogP contribution in [0.2, 0.25) is 0 Å². The molecule has 1 aliphatic rings. The molecule has 15 heavy (non-hydrogen) atoms. The van der Waals surface area contributed by atoms with Gasteiger partial charge in [-0.1, -0.05) is 13.0 Å². The van der Waals surface area contributed by atoms with Gasteiger partial charge in [0.05, 0.1) is 4.92 Å². The van der Waals surface area contributed by atoms with Gasteiger partial charge in [-0.3, -0.25) is 10.1 Å². The van der Waals surface area contributed by atoms with Gasteiger partial charge in [-0.25, -0.2) is 0 Å². The van der Waals surface area contributed by atoms with Crippen LogP contribution in [0.5, 0.6) is 0 Å². The lowest BCUT2D eigenvalue weighted by atomic mass is 9.95. The van der Waals surface area contributed by atoms with Crippen LogP contribution in [-0.2, 0) is 6.42 Å². The van der Waals surface area contributed by atoms with Gasteiger partial charge in [-0.05, 0) is 25.3 Å². The maximum atomic E-state index is 10.6. The van der Waals surface area contributed by atoms with Crippen molar-refractivity contribution in [3.63, 3.8) is 0 Å². The highest BCUT2D eigenvalue weighted by Gasteiger charge is 2.31. The van der Waals surface area contributed by atoms with Crippen molar-refractivity contribution in [2.45, 2.75) is 32.2 Å². The third-order valence-corrected chi connectivity index (χ3v) is 3.10. The van der Waals surface area contributed by atoms with Gasteiger partial charge < -0.3 is 5.32 Å². The molecular weight excluding hydrogens is 192 g/mol. The molecule has 2 rings (SSSR count). The molecule has 1 unspecified atom stereocenters. The smallest absolute Gasteiger partial charge is 0.271 e. The Balaban J connectivity index is 2.35. The molecule has 0 spiro atoms. The summed E-state index contributed by atoms with van der Waals surface area (Å²) in [5.41, 5.74) is 2.29. The Morgan fingerprint density at radius 3 is 2.93 bits per heavy atom.